The molecule has 7 heteroatoms. The Balaban J connectivity index is 2.14. The van der Waals surface area contributed by atoms with Crippen LogP contribution in [0.3, 0.4) is 0 Å². The first-order chi connectivity index (χ1) is 8.72. The SMILES string of the molecule is CCCn1ncc(NCc2nccs2)c(Br)c1=O. The third-order valence-corrected chi connectivity index (χ3v) is 3.88. The summed E-state index contributed by atoms with van der Waals surface area (Å²) >= 11 is 4.88. The summed E-state index contributed by atoms with van der Waals surface area (Å²) in [4.78, 5) is 16.1. The van der Waals surface area contributed by atoms with Crippen LogP contribution < -0.4 is 10.9 Å². The molecule has 0 atom stereocenters. The molecule has 2 heterocycles. The zero-order chi connectivity index (χ0) is 13.0. The fourth-order valence-electron chi connectivity index (χ4n) is 1.47. The average Bonchev–Trinajstić information content (AvgIpc) is 2.87. The maximum Gasteiger partial charge on any atom is 0.283 e. The highest BCUT2D eigenvalue weighted by Crippen LogP contribution is 2.17. The number of nitrogens with one attached hydrogen (secondary N) is 1. The standard InChI is InChI=1S/C11H13BrN4OS/c1-2-4-16-11(17)10(12)8(6-15-16)14-7-9-13-3-5-18-9/h3,5-6,14H,2,4,7H2,1H3. The largest absolute Gasteiger partial charge is 0.376 e. The number of anilines is 1. The maximum atomic E-state index is 11.9. The summed E-state index contributed by atoms with van der Waals surface area (Å²) in [6, 6.07) is 0. The number of aromatic nitrogens is 3. The highest BCUT2D eigenvalue weighted by Gasteiger charge is 2.08. The predicted molar refractivity (Wildman–Crippen MR) is 75.9 cm³/mol. The number of rotatable bonds is 5. The third-order valence-electron chi connectivity index (χ3n) is 2.33. The van der Waals surface area contributed by atoms with Gasteiger partial charge in [0.2, 0.25) is 0 Å². The van der Waals surface area contributed by atoms with Gasteiger partial charge in [-0.25, -0.2) is 9.67 Å². The number of thiazole rings is 1. The van der Waals surface area contributed by atoms with Gasteiger partial charge in [-0.1, -0.05) is 6.92 Å². The van der Waals surface area contributed by atoms with Crippen molar-refractivity contribution < 1.29 is 0 Å². The van der Waals surface area contributed by atoms with E-state index in [4.69, 9.17) is 0 Å². The Labute approximate surface area is 117 Å². The monoisotopic (exact) mass is 328 g/mol. The smallest absolute Gasteiger partial charge is 0.283 e. The number of halogens is 1. The van der Waals surface area contributed by atoms with Gasteiger partial charge in [0.25, 0.3) is 5.56 Å². The van der Waals surface area contributed by atoms with Gasteiger partial charge in [0.15, 0.2) is 0 Å². The third kappa shape index (κ3) is 2.97. The van der Waals surface area contributed by atoms with E-state index in [9.17, 15) is 4.79 Å². The summed E-state index contributed by atoms with van der Waals surface area (Å²) in [5.74, 6) is 0. The first-order valence-electron chi connectivity index (χ1n) is 5.60. The molecule has 2 aromatic heterocycles. The molecule has 2 aromatic rings. The molecule has 0 aliphatic heterocycles. The van der Waals surface area contributed by atoms with Gasteiger partial charge in [0.1, 0.15) is 9.48 Å². The quantitative estimate of drug-likeness (QED) is 0.916. The fraction of sp³-hybridized carbons (Fsp3) is 0.364. The van der Waals surface area contributed by atoms with Crippen LogP contribution in [0, 0.1) is 0 Å². The van der Waals surface area contributed by atoms with Crippen LogP contribution in [0.2, 0.25) is 0 Å². The lowest BCUT2D eigenvalue weighted by molar-refractivity contribution is 0.566. The van der Waals surface area contributed by atoms with Crippen LogP contribution in [-0.4, -0.2) is 14.8 Å². The van der Waals surface area contributed by atoms with E-state index in [1.165, 1.54) is 4.68 Å². The van der Waals surface area contributed by atoms with Crippen molar-refractivity contribution in [3.63, 3.8) is 0 Å². The number of hydrogen-bond donors (Lipinski definition) is 1. The van der Waals surface area contributed by atoms with Crippen LogP contribution in [0.5, 0.6) is 0 Å². The molecule has 96 valence electrons. The second-order valence-corrected chi connectivity index (χ2v) is 5.45. The molecular weight excluding hydrogens is 316 g/mol. The lowest BCUT2D eigenvalue weighted by atomic mass is 10.4. The van der Waals surface area contributed by atoms with Gasteiger partial charge in [-0.3, -0.25) is 4.79 Å². The van der Waals surface area contributed by atoms with Gasteiger partial charge in [0.05, 0.1) is 18.4 Å². The van der Waals surface area contributed by atoms with Crippen molar-refractivity contribution in [1.29, 1.82) is 0 Å². The van der Waals surface area contributed by atoms with Gasteiger partial charge >= 0.3 is 0 Å². The molecule has 0 fully saturated rings. The average molecular weight is 329 g/mol. The molecule has 1 N–H and O–H groups in total. The molecule has 0 radical (unpaired) electrons. The molecule has 0 aliphatic rings. The van der Waals surface area contributed by atoms with Gasteiger partial charge in [-0.05, 0) is 22.4 Å². The minimum absolute atomic E-state index is 0.110. The van der Waals surface area contributed by atoms with E-state index in [1.807, 2.05) is 12.3 Å². The van der Waals surface area contributed by atoms with Gasteiger partial charge in [0, 0.05) is 18.1 Å². The topological polar surface area (TPSA) is 59.8 Å². The Bertz CT molecular complexity index is 567. The highest BCUT2D eigenvalue weighted by atomic mass is 79.9. The predicted octanol–water partition coefficient (Wildman–Crippen LogP) is 2.48. The van der Waals surface area contributed by atoms with Crippen molar-refractivity contribution in [1.82, 2.24) is 14.8 Å². The van der Waals surface area contributed by atoms with Crippen molar-refractivity contribution in [2.75, 3.05) is 5.32 Å². The van der Waals surface area contributed by atoms with E-state index in [1.54, 1.807) is 23.7 Å². The van der Waals surface area contributed by atoms with Crippen molar-refractivity contribution in [3.8, 4) is 0 Å². The molecule has 0 unspecified atom stereocenters. The normalized spacial score (nSPS) is 10.6. The number of aryl methyl sites for hydroxylation is 1. The Morgan fingerprint density at radius 2 is 2.39 bits per heavy atom. The molecule has 0 aromatic carbocycles. The molecule has 0 aliphatic carbocycles. The van der Waals surface area contributed by atoms with Crippen LogP contribution >= 0.6 is 27.3 Å². The lowest BCUT2D eigenvalue weighted by Gasteiger charge is -2.08. The first-order valence-corrected chi connectivity index (χ1v) is 7.27. The molecule has 0 bridgehead atoms. The highest BCUT2D eigenvalue weighted by molar-refractivity contribution is 9.10. The van der Waals surface area contributed by atoms with Gasteiger partial charge < -0.3 is 5.32 Å². The summed E-state index contributed by atoms with van der Waals surface area (Å²) in [5.41, 5.74) is 0.587. The zero-order valence-electron chi connectivity index (χ0n) is 9.89. The summed E-state index contributed by atoms with van der Waals surface area (Å²) in [6.45, 7) is 3.23. The summed E-state index contributed by atoms with van der Waals surface area (Å²) in [6.07, 6.45) is 4.30. The molecule has 0 spiro atoms. The van der Waals surface area contributed by atoms with E-state index >= 15 is 0 Å². The summed E-state index contributed by atoms with van der Waals surface area (Å²) in [7, 11) is 0. The van der Waals surface area contributed by atoms with E-state index in [-0.39, 0.29) is 5.56 Å². The molecule has 5 nitrogen and oxygen atoms in total. The van der Waals surface area contributed by atoms with Crippen molar-refractivity contribution >= 4 is 33.0 Å². The molecule has 2 rings (SSSR count). The number of nitrogens with zero attached hydrogens (tertiary/aromatic N) is 3. The fourth-order valence-corrected chi connectivity index (χ4v) is 2.47. The van der Waals surface area contributed by atoms with Crippen LogP contribution in [0.4, 0.5) is 5.69 Å². The Morgan fingerprint density at radius 1 is 1.56 bits per heavy atom. The van der Waals surface area contributed by atoms with Crippen molar-refractivity contribution in [2.24, 2.45) is 0 Å². The van der Waals surface area contributed by atoms with Gasteiger partial charge in [-0.15, -0.1) is 11.3 Å². The van der Waals surface area contributed by atoms with Gasteiger partial charge in [-0.2, -0.15) is 5.10 Å². The minimum Gasteiger partial charge on any atom is -0.376 e. The van der Waals surface area contributed by atoms with Crippen LogP contribution in [0.15, 0.2) is 27.0 Å². The van der Waals surface area contributed by atoms with Crippen molar-refractivity contribution in [3.05, 3.63) is 37.6 Å². The second-order valence-electron chi connectivity index (χ2n) is 3.68. The number of hydrogen-bond acceptors (Lipinski definition) is 5. The Morgan fingerprint density at radius 3 is 3.06 bits per heavy atom. The van der Waals surface area contributed by atoms with E-state index in [2.05, 4.69) is 31.3 Å². The molecule has 18 heavy (non-hydrogen) atoms. The molecule has 0 saturated heterocycles. The Kier molecular flexibility index (Phi) is 4.48. The van der Waals surface area contributed by atoms with Crippen LogP contribution in [0.1, 0.15) is 18.4 Å². The van der Waals surface area contributed by atoms with E-state index in [0.717, 1.165) is 11.4 Å². The second kappa shape index (κ2) is 6.10. The Hall–Kier alpha value is -1.21. The van der Waals surface area contributed by atoms with Crippen LogP contribution in [-0.2, 0) is 13.1 Å². The van der Waals surface area contributed by atoms with E-state index in [0.29, 0.717) is 23.2 Å². The molecule has 0 amide bonds. The minimum atomic E-state index is -0.110. The van der Waals surface area contributed by atoms with E-state index < -0.39 is 0 Å². The summed E-state index contributed by atoms with van der Waals surface area (Å²) in [5, 5.41) is 10.2. The summed E-state index contributed by atoms with van der Waals surface area (Å²) < 4.78 is 1.97. The first kappa shape index (κ1) is 13.2. The maximum absolute atomic E-state index is 11.9. The molecular formula is C11H13BrN4OS. The van der Waals surface area contributed by atoms with Crippen molar-refractivity contribution in [2.45, 2.75) is 26.4 Å². The zero-order valence-corrected chi connectivity index (χ0v) is 12.3. The molecule has 0 saturated carbocycles. The van der Waals surface area contributed by atoms with Crippen LogP contribution in [0.25, 0.3) is 0 Å². The lowest BCUT2D eigenvalue weighted by Crippen LogP contribution is -2.24.